The molecule has 7 heteroatoms. The molecular formula is C15H15N3O4. The number of rotatable bonds is 2. The summed E-state index contributed by atoms with van der Waals surface area (Å²) in [6, 6.07) is 6.90. The first-order valence-electron chi connectivity index (χ1n) is 6.74. The summed E-state index contributed by atoms with van der Waals surface area (Å²) < 4.78 is 10.5. The normalized spacial score (nSPS) is 19.9. The number of carbonyl (C=O) groups excluding carboxylic acids is 2. The highest BCUT2D eigenvalue weighted by molar-refractivity contribution is 6.18. The Balaban J connectivity index is 1.87. The van der Waals surface area contributed by atoms with Crippen LogP contribution >= 0.6 is 0 Å². The maximum Gasteiger partial charge on any atom is 0.279 e. The van der Waals surface area contributed by atoms with E-state index in [9.17, 15) is 9.59 Å². The lowest BCUT2D eigenvalue weighted by Crippen LogP contribution is -2.56. The van der Waals surface area contributed by atoms with Gasteiger partial charge in [-0.3, -0.25) is 9.59 Å². The van der Waals surface area contributed by atoms with Crippen LogP contribution in [0, 0.1) is 13.8 Å². The molecule has 7 nitrogen and oxygen atoms in total. The predicted molar refractivity (Wildman–Crippen MR) is 78.7 cm³/mol. The monoisotopic (exact) mass is 301 g/mol. The van der Waals surface area contributed by atoms with E-state index < -0.39 is 17.4 Å². The molecule has 1 aliphatic rings. The van der Waals surface area contributed by atoms with Gasteiger partial charge in [0.2, 0.25) is 0 Å². The van der Waals surface area contributed by atoms with Gasteiger partial charge < -0.3 is 19.9 Å². The first-order valence-corrected chi connectivity index (χ1v) is 6.74. The minimum Gasteiger partial charge on any atom is -0.466 e. The van der Waals surface area contributed by atoms with Gasteiger partial charge in [-0.2, -0.15) is 0 Å². The van der Waals surface area contributed by atoms with Crippen molar-refractivity contribution in [2.75, 3.05) is 10.6 Å². The van der Waals surface area contributed by atoms with Gasteiger partial charge in [-0.05, 0) is 38.5 Å². The molecule has 0 aliphatic carbocycles. The second-order valence-electron chi connectivity index (χ2n) is 5.37. The highest BCUT2D eigenvalue weighted by Crippen LogP contribution is 2.34. The average Bonchev–Trinajstić information content (AvgIpc) is 2.86. The van der Waals surface area contributed by atoms with E-state index in [0.717, 1.165) is 5.56 Å². The zero-order valence-corrected chi connectivity index (χ0v) is 12.4. The zero-order chi connectivity index (χ0) is 15.9. The number of amides is 2. The molecule has 0 saturated carbocycles. The van der Waals surface area contributed by atoms with Gasteiger partial charge in [-0.25, -0.2) is 0 Å². The fraction of sp³-hybridized carbons (Fsp3) is 0.267. The van der Waals surface area contributed by atoms with Gasteiger partial charge in [0.05, 0.1) is 5.69 Å². The maximum atomic E-state index is 12.4. The quantitative estimate of drug-likeness (QED) is 0.828. The summed E-state index contributed by atoms with van der Waals surface area (Å²) in [5.74, 6) is 0.0668. The number of aryl methyl sites for hydroxylation is 2. The van der Waals surface area contributed by atoms with Crippen molar-refractivity contribution in [3.63, 3.8) is 0 Å². The van der Waals surface area contributed by atoms with Crippen molar-refractivity contribution in [2.24, 2.45) is 0 Å². The van der Waals surface area contributed by atoms with E-state index in [0.29, 0.717) is 17.2 Å². The Morgan fingerprint density at radius 2 is 2.09 bits per heavy atom. The number of fused-ring (bicyclic) bond motifs is 1. The first-order chi connectivity index (χ1) is 10.4. The summed E-state index contributed by atoms with van der Waals surface area (Å²) in [5, 5.41) is 8.88. The van der Waals surface area contributed by atoms with E-state index in [-0.39, 0.29) is 5.82 Å². The van der Waals surface area contributed by atoms with Crippen LogP contribution < -0.4 is 15.4 Å². The van der Waals surface area contributed by atoms with E-state index in [1.807, 2.05) is 13.0 Å². The fourth-order valence-corrected chi connectivity index (χ4v) is 2.15. The van der Waals surface area contributed by atoms with Crippen LogP contribution in [0.3, 0.4) is 0 Å². The average molecular weight is 301 g/mol. The Kier molecular flexibility index (Phi) is 3.13. The Hall–Kier alpha value is -2.83. The lowest BCUT2D eigenvalue weighted by atomic mass is 10.0. The van der Waals surface area contributed by atoms with Crippen LogP contribution in [0.4, 0.5) is 11.5 Å². The summed E-state index contributed by atoms with van der Waals surface area (Å²) in [4.78, 5) is 24.7. The largest absolute Gasteiger partial charge is 0.466 e. The van der Waals surface area contributed by atoms with E-state index in [1.165, 1.54) is 6.92 Å². The summed E-state index contributed by atoms with van der Waals surface area (Å²) >= 11 is 0. The molecule has 114 valence electrons. The lowest BCUT2D eigenvalue weighted by Gasteiger charge is -2.33. The van der Waals surface area contributed by atoms with Crippen molar-refractivity contribution in [2.45, 2.75) is 26.4 Å². The van der Waals surface area contributed by atoms with Crippen LogP contribution in [0.1, 0.15) is 18.2 Å². The number of ether oxygens (including phenoxy) is 1. The minimum absolute atomic E-state index is 0.231. The van der Waals surface area contributed by atoms with E-state index in [1.54, 1.807) is 25.1 Å². The van der Waals surface area contributed by atoms with Crippen molar-refractivity contribution < 1.29 is 18.8 Å². The van der Waals surface area contributed by atoms with Crippen LogP contribution in [-0.2, 0) is 9.59 Å². The van der Waals surface area contributed by atoms with Gasteiger partial charge in [-0.1, -0.05) is 11.2 Å². The van der Waals surface area contributed by atoms with Crippen molar-refractivity contribution in [1.82, 2.24) is 5.16 Å². The number of nitrogens with zero attached hydrogens (tertiary/aromatic N) is 1. The van der Waals surface area contributed by atoms with Gasteiger partial charge in [0, 0.05) is 6.07 Å². The second-order valence-corrected chi connectivity index (χ2v) is 5.37. The number of anilines is 2. The highest BCUT2D eigenvalue weighted by Gasteiger charge is 2.47. The minimum atomic E-state index is -1.69. The van der Waals surface area contributed by atoms with Gasteiger partial charge >= 0.3 is 0 Å². The molecule has 3 rings (SSSR count). The predicted octanol–water partition coefficient (Wildman–Crippen LogP) is 2.02. The Bertz CT molecular complexity index is 768. The highest BCUT2D eigenvalue weighted by atomic mass is 16.5. The molecule has 0 radical (unpaired) electrons. The number of carbonyl (C=O) groups is 2. The second kappa shape index (κ2) is 4.87. The summed E-state index contributed by atoms with van der Waals surface area (Å²) in [7, 11) is 0. The Labute approximate surface area is 126 Å². The number of nitrogens with one attached hydrogen (secondary N) is 2. The van der Waals surface area contributed by atoms with Gasteiger partial charge in [-0.15, -0.1) is 0 Å². The maximum absolute atomic E-state index is 12.4. The third-order valence-corrected chi connectivity index (χ3v) is 3.43. The lowest BCUT2D eigenvalue weighted by molar-refractivity contribution is -0.143. The zero-order valence-electron chi connectivity index (χ0n) is 12.4. The number of hydrogen-bond donors (Lipinski definition) is 2. The standard InChI is InChI=1S/C15H15N3O4/c1-8-4-5-11-10(6-8)16-13(19)15(3,21-11)14(20)17-12-7-9(2)22-18-12/h4-7H,1-3H3,(H,16,19)(H,17,18,20)/t15-/m0/s1. The van der Waals surface area contributed by atoms with Crippen molar-refractivity contribution in [3.05, 3.63) is 35.6 Å². The fourth-order valence-electron chi connectivity index (χ4n) is 2.15. The molecule has 22 heavy (non-hydrogen) atoms. The Morgan fingerprint density at radius 3 is 2.77 bits per heavy atom. The van der Waals surface area contributed by atoms with Crippen LogP contribution in [0.15, 0.2) is 28.8 Å². The molecule has 2 aromatic rings. The van der Waals surface area contributed by atoms with Crippen LogP contribution in [-0.4, -0.2) is 22.6 Å². The molecule has 1 aromatic carbocycles. The molecule has 0 spiro atoms. The molecule has 1 aromatic heterocycles. The molecule has 0 bridgehead atoms. The molecule has 0 fully saturated rings. The summed E-state index contributed by atoms with van der Waals surface area (Å²) in [5.41, 5.74) is -0.156. The molecular weight excluding hydrogens is 286 g/mol. The molecule has 1 atom stereocenters. The van der Waals surface area contributed by atoms with Gasteiger partial charge in [0.15, 0.2) is 5.82 Å². The smallest absolute Gasteiger partial charge is 0.279 e. The third-order valence-electron chi connectivity index (χ3n) is 3.43. The molecule has 2 N–H and O–H groups in total. The Morgan fingerprint density at radius 1 is 1.32 bits per heavy atom. The molecule has 1 aliphatic heterocycles. The van der Waals surface area contributed by atoms with Crippen LogP contribution in [0.25, 0.3) is 0 Å². The number of benzene rings is 1. The number of hydrogen-bond acceptors (Lipinski definition) is 5. The van der Waals surface area contributed by atoms with E-state index in [4.69, 9.17) is 9.26 Å². The topological polar surface area (TPSA) is 93.5 Å². The van der Waals surface area contributed by atoms with Crippen LogP contribution in [0.5, 0.6) is 5.75 Å². The van der Waals surface area contributed by atoms with Crippen molar-refractivity contribution in [3.8, 4) is 5.75 Å². The third kappa shape index (κ3) is 2.30. The van der Waals surface area contributed by atoms with Crippen molar-refractivity contribution in [1.29, 1.82) is 0 Å². The first kappa shape index (κ1) is 14.1. The summed E-state index contributed by atoms with van der Waals surface area (Å²) in [6.45, 7) is 5.01. The molecule has 0 saturated heterocycles. The molecule has 0 unspecified atom stereocenters. The number of aromatic nitrogens is 1. The van der Waals surface area contributed by atoms with E-state index in [2.05, 4.69) is 15.8 Å². The van der Waals surface area contributed by atoms with Gasteiger partial charge in [0.1, 0.15) is 11.5 Å². The SMILES string of the molecule is Cc1ccc2c(c1)NC(=O)[C@@](C)(C(=O)Nc1cc(C)on1)O2. The molecule has 2 heterocycles. The van der Waals surface area contributed by atoms with Crippen LogP contribution in [0.2, 0.25) is 0 Å². The van der Waals surface area contributed by atoms with E-state index >= 15 is 0 Å². The van der Waals surface area contributed by atoms with Crippen molar-refractivity contribution >= 4 is 23.3 Å². The van der Waals surface area contributed by atoms with Gasteiger partial charge in [0.25, 0.3) is 17.4 Å². The molecule has 2 amide bonds. The summed E-state index contributed by atoms with van der Waals surface area (Å²) in [6.07, 6.45) is 0.